The van der Waals surface area contributed by atoms with E-state index in [0.29, 0.717) is 12.1 Å². The van der Waals surface area contributed by atoms with Crippen LogP contribution in [0.25, 0.3) is 11.3 Å². The van der Waals surface area contributed by atoms with Crippen molar-refractivity contribution in [2.24, 2.45) is 0 Å². The van der Waals surface area contributed by atoms with Crippen LogP contribution in [-0.2, 0) is 19.1 Å². The highest BCUT2D eigenvalue weighted by molar-refractivity contribution is 5.61. The van der Waals surface area contributed by atoms with Gasteiger partial charge in [-0.3, -0.25) is 5.10 Å². The number of benzene rings is 1. The summed E-state index contributed by atoms with van der Waals surface area (Å²) in [6.45, 7) is 2.33. The van der Waals surface area contributed by atoms with Crippen molar-refractivity contribution in [2.45, 2.75) is 26.1 Å². The fraction of sp³-hybridized carbons (Fsp3) is 0.278. The van der Waals surface area contributed by atoms with Crippen LogP contribution in [0.2, 0.25) is 0 Å². The Morgan fingerprint density at radius 1 is 1.08 bits per heavy atom. The third-order valence-electron chi connectivity index (χ3n) is 3.97. The van der Waals surface area contributed by atoms with Gasteiger partial charge in [-0.25, -0.2) is 9.97 Å². The van der Waals surface area contributed by atoms with Gasteiger partial charge in [0.25, 0.3) is 0 Å². The summed E-state index contributed by atoms with van der Waals surface area (Å²) < 4.78 is 39.9. The standard InChI is InChI=1S/C18H18F3N5/c1-3-12-4-6-13(7-5-12)15-10-16(18(19,20)21)24-17(23-15)26(2)11-14-8-9-22-25-14/h4-10H,3,11H2,1-2H3,(H,22,25). The number of nitrogens with zero attached hydrogens (tertiary/aromatic N) is 4. The van der Waals surface area contributed by atoms with Gasteiger partial charge in [-0.05, 0) is 24.1 Å². The largest absolute Gasteiger partial charge is 0.433 e. The average Bonchev–Trinajstić information content (AvgIpc) is 3.13. The second-order valence-electron chi connectivity index (χ2n) is 5.92. The molecule has 3 rings (SSSR count). The Balaban J connectivity index is 2.00. The van der Waals surface area contributed by atoms with Gasteiger partial charge >= 0.3 is 6.18 Å². The second kappa shape index (κ2) is 7.15. The molecule has 26 heavy (non-hydrogen) atoms. The smallest absolute Gasteiger partial charge is 0.338 e. The lowest BCUT2D eigenvalue weighted by atomic mass is 10.1. The van der Waals surface area contributed by atoms with Crippen LogP contribution in [0.15, 0.2) is 42.6 Å². The molecule has 2 heterocycles. The van der Waals surface area contributed by atoms with Gasteiger partial charge in [0.05, 0.1) is 17.9 Å². The molecule has 5 nitrogen and oxygen atoms in total. The number of hydrogen-bond acceptors (Lipinski definition) is 4. The Bertz CT molecular complexity index is 858. The Kier molecular flexibility index (Phi) is 4.92. The quantitative estimate of drug-likeness (QED) is 0.744. The molecular formula is C18H18F3N5. The summed E-state index contributed by atoms with van der Waals surface area (Å²) in [5.41, 5.74) is 1.75. The van der Waals surface area contributed by atoms with Crippen LogP contribution in [0.3, 0.4) is 0 Å². The van der Waals surface area contributed by atoms with E-state index in [1.165, 1.54) is 0 Å². The maximum absolute atomic E-state index is 13.3. The number of nitrogens with one attached hydrogen (secondary N) is 1. The number of halogens is 3. The van der Waals surface area contributed by atoms with Crippen LogP contribution in [0.1, 0.15) is 23.9 Å². The zero-order valence-electron chi connectivity index (χ0n) is 14.4. The maximum atomic E-state index is 13.3. The molecule has 3 aromatic rings. The molecule has 0 aliphatic rings. The van der Waals surface area contributed by atoms with E-state index in [0.717, 1.165) is 23.7 Å². The summed E-state index contributed by atoms with van der Waals surface area (Å²) >= 11 is 0. The lowest BCUT2D eigenvalue weighted by Gasteiger charge is -2.18. The van der Waals surface area contributed by atoms with Crippen molar-refractivity contribution in [1.29, 1.82) is 0 Å². The zero-order valence-corrected chi connectivity index (χ0v) is 14.4. The van der Waals surface area contributed by atoms with Crippen molar-refractivity contribution < 1.29 is 13.2 Å². The molecule has 0 aliphatic carbocycles. The van der Waals surface area contributed by atoms with Crippen LogP contribution >= 0.6 is 0 Å². The van der Waals surface area contributed by atoms with Crippen molar-refractivity contribution in [1.82, 2.24) is 20.2 Å². The second-order valence-corrected chi connectivity index (χ2v) is 5.92. The van der Waals surface area contributed by atoms with Crippen molar-refractivity contribution in [3.8, 4) is 11.3 Å². The molecule has 0 fully saturated rings. The molecule has 0 unspecified atom stereocenters. The molecular weight excluding hydrogens is 343 g/mol. The Morgan fingerprint density at radius 2 is 1.81 bits per heavy atom. The van der Waals surface area contributed by atoms with Crippen molar-refractivity contribution in [2.75, 3.05) is 11.9 Å². The first-order chi connectivity index (χ1) is 12.4. The zero-order chi connectivity index (χ0) is 18.7. The van der Waals surface area contributed by atoms with Gasteiger partial charge in [0.1, 0.15) is 0 Å². The van der Waals surface area contributed by atoms with Crippen molar-refractivity contribution in [3.05, 3.63) is 59.5 Å². The first-order valence-electron chi connectivity index (χ1n) is 8.12. The van der Waals surface area contributed by atoms with E-state index >= 15 is 0 Å². The number of H-pyrrole nitrogens is 1. The number of aromatic nitrogens is 4. The molecule has 0 aliphatic heterocycles. The van der Waals surface area contributed by atoms with Crippen LogP contribution in [0.5, 0.6) is 0 Å². The van der Waals surface area contributed by atoms with Gasteiger partial charge in [0, 0.05) is 18.8 Å². The van der Waals surface area contributed by atoms with E-state index in [1.807, 2.05) is 19.1 Å². The average molecular weight is 361 g/mol. The minimum atomic E-state index is -4.55. The minimum absolute atomic E-state index is 0.00370. The van der Waals surface area contributed by atoms with Crippen molar-refractivity contribution in [3.63, 3.8) is 0 Å². The first-order valence-corrected chi connectivity index (χ1v) is 8.12. The van der Waals surface area contributed by atoms with Gasteiger partial charge in [-0.15, -0.1) is 0 Å². The summed E-state index contributed by atoms with van der Waals surface area (Å²) in [4.78, 5) is 9.58. The third kappa shape index (κ3) is 4.01. The number of aryl methyl sites for hydroxylation is 1. The predicted molar refractivity (Wildman–Crippen MR) is 92.5 cm³/mol. The molecule has 1 aromatic carbocycles. The van der Waals surface area contributed by atoms with Crippen LogP contribution < -0.4 is 4.90 Å². The summed E-state index contributed by atoms with van der Waals surface area (Å²) in [6, 6.07) is 10.1. The number of aromatic amines is 1. The van der Waals surface area contributed by atoms with E-state index in [4.69, 9.17) is 0 Å². The highest BCUT2D eigenvalue weighted by Gasteiger charge is 2.34. The van der Waals surface area contributed by atoms with Crippen LogP contribution in [0, 0.1) is 0 Å². The van der Waals surface area contributed by atoms with E-state index in [2.05, 4.69) is 20.2 Å². The van der Waals surface area contributed by atoms with E-state index < -0.39 is 11.9 Å². The molecule has 1 N–H and O–H groups in total. The molecule has 0 saturated carbocycles. The molecule has 136 valence electrons. The highest BCUT2D eigenvalue weighted by atomic mass is 19.4. The number of hydrogen-bond donors (Lipinski definition) is 1. The third-order valence-corrected chi connectivity index (χ3v) is 3.97. The first kappa shape index (κ1) is 17.9. The summed E-state index contributed by atoms with van der Waals surface area (Å²) in [5, 5.41) is 6.61. The number of rotatable bonds is 5. The number of alkyl halides is 3. The normalized spacial score (nSPS) is 11.6. The molecule has 0 bridgehead atoms. The molecule has 0 spiro atoms. The minimum Gasteiger partial charge on any atom is -0.338 e. The monoisotopic (exact) mass is 361 g/mol. The number of anilines is 1. The van der Waals surface area contributed by atoms with Gasteiger partial charge in [-0.1, -0.05) is 31.2 Å². The van der Waals surface area contributed by atoms with Crippen LogP contribution in [0.4, 0.5) is 19.1 Å². The Labute approximate surface area is 148 Å². The predicted octanol–water partition coefficient (Wildman–Crippen LogP) is 4.08. The van der Waals surface area contributed by atoms with Gasteiger partial charge in [-0.2, -0.15) is 18.3 Å². The van der Waals surface area contributed by atoms with E-state index in [1.54, 1.807) is 36.3 Å². The molecule has 0 saturated heterocycles. The molecule has 0 amide bonds. The van der Waals surface area contributed by atoms with Gasteiger partial charge < -0.3 is 4.90 Å². The van der Waals surface area contributed by atoms with Gasteiger partial charge in [0.2, 0.25) is 5.95 Å². The Morgan fingerprint density at radius 3 is 2.38 bits per heavy atom. The lowest BCUT2D eigenvalue weighted by molar-refractivity contribution is -0.141. The Hall–Kier alpha value is -2.90. The summed E-state index contributed by atoms with van der Waals surface area (Å²) in [5.74, 6) is 0.00370. The molecule has 2 aromatic heterocycles. The SMILES string of the molecule is CCc1ccc(-c2cc(C(F)(F)F)nc(N(C)Cc3ccn[nH]3)n2)cc1. The summed E-state index contributed by atoms with van der Waals surface area (Å²) in [7, 11) is 1.64. The highest BCUT2D eigenvalue weighted by Crippen LogP contribution is 2.32. The van der Waals surface area contributed by atoms with Crippen LogP contribution in [-0.4, -0.2) is 27.2 Å². The van der Waals surface area contributed by atoms with Crippen molar-refractivity contribution >= 4 is 5.95 Å². The molecule has 8 heteroatoms. The van der Waals surface area contributed by atoms with E-state index in [9.17, 15) is 13.2 Å². The lowest BCUT2D eigenvalue weighted by Crippen LogP contribution is -2.21. The molecule has 0 atom stereocenters. The van der Waals surface area contributed by atoms with E-state index in [-0.39, 0.29) is 11.6 Å². The maximum Gasteiger partial charge on any atom is 0.433 e. The fourth-order valence-corrected chi connectivity index (χ4v) is 2.51. The topological polar surface area (TPSA) is 57.7 Å². The summed E-state index contributed by atoms with van der Waals surface area (Å²) in [6.07, 6.45) is -2.11. The van der Waals surface area contributed by atoms with Gasteiger partial charge in [0.15, 0.2) is 5.69 Å². The molecule has 0 radical (unpaired) electrons. The fourth-order valence-electron chi connectivity index (χ4n) is 2.51.